The third kappa shape index (κ3) is 3.06. The first kappa shape index (κ1) is 15.5. The molecule has 8 nitrogen and oxygen atoms in total. The smallest absolute Gasteiger partial charge is 0.323 e. The number of nitrogens with zero attached hydrogens (tertiary/aromatic N) is 2. The van der Waals surface area contributed by atoms with Crippen molar-refractivity contribution in [2.75, 3.05) is 6.61 Å². The summed E-state index contributed by atoms with van der Waals surface area (Å²) in [6, 6.07) is 2.37. The minimum Gasteiger partial charge on any atom is -0.455 e. The Hall–Kier alpha value is -1.93. The van der Waals surface area contributed by atoms with Crippen molar-refractivity contribution >= 4 is 11.8 Å². The minimum absolute atomic E-state index is 0.119. The second-order valence-electron chi connectivity index (χ2n) is 5.18. The SMILES string of the molecule is CC(=O)OC1C(O)C(CO)CCC1n1cccc1[N+](=O)[O-]. The average molecular weight is 298 g/mol. The summed E-state index contributed by atoms with van der Waals surface area (Å²) >= 11 is 0. The van der Waals surface area contributed by atoms with Crippen LogP contribution in [0.5, 0.6) is 0 Å². The van der Waals surface area contributed by atoms with Crippen molar-refractivity contribution in [1.29, 1.82) is 0 Å². The molecular weight excluding hydrogens is 280 g/mol. The second kappa shape index (κ2) is 6.23. The number of hydrogen-bond acceptors (Lipinski definition) is 6. The molecule has 4 atom stereocenters. The monoisotopic (exact) mass is 298 g/mol. The van der Waals surface area contributed by atoms with Gasteiger partial charge in [0.25, 0.3) is 0 Å². The van der Waals surface area contributed by atoms with Gasteiger partial charge in [-0.05, 0) is 23.8 Å². The number of esters is 1. The van der Waals surface area contributed by atoms with Crippen LogP contribution in [0.3, 0.4) is 0 Å². The van der Waals surface area contributed by atoms with E-state index in [1.165, 1.54) is 29.8 Å². The van der Waals surface area contributed by atoms with Crippen molar-refractivity contribution in [3.05, 3.63) is 28.4 Å². The van der Waals surface area contributed by atoms with E-state index in [0.717, 1.165) is 0 Å². The summed E-state index contributed by atoms with van der Waals surface area (Å²) < 4.78 is 6.57. The molecule has 8 heteroatoms. The van der Waals surface area contributed by atoms with Gasteiger partial charge in [0.15, 0.2) is 6.10 Å². The summed E-state index contributed by atoms with van der Waals surface area (Å²) in [4.78, 5) is 21.8. The molecule has 0 radical (unpaired) electrons. The van der Waals surface area contributed by atoms with Crippen LogP contribution in [0.4, 0.5) is 5.82 Å². The summed E-state index contributed by atoms with van der Waals surface area (Å²) in [5.74, 6) is -1.09. The lowest BCUT2D eigenvalue weighted by Gasteiger charge is -2.37. The molecule has 1 heterocycles. The van der Waals surface area contributed by atoms with Gasteiger partial charge in [-0.3, -0.25) is 4.79 Å². The molecule has 1 aromatic heterocycles. The van der Waals surface area contributed by atoms with E-state index in [0.29, 0.717) is 12.8 Å². The fraction of sp³-hybridized carbons (Fsp3) is 0.615. The van der Waals surface area contributed by atoms with Crippen molar-refractivity contribution in [2.24, 2.45) is 5.92 Å². The van der Waals surface area contributed by atoms with Crippen molar-refractivity contribution in [3.63, 3.8) is 0 Å². The van der Waals surface area contributed by atoms with Gasteiger partial charge in [0.05, 0.1) is 6.20 Å². The molecule has 1 aromatic rings. The third-order valence-electron chi connectivity index (χ3n) is 3.87. The summed E-state index contributed by atoms with van der Waals surface area (Å²) in [5.41, 5.74) is 0. The number of carbonyl (C=O) groups is 1. The Morgan fingerprint density at radius 2 is 2.29 bits per heavy atom. The maximum absolute atomic E-state index is 11.2. The molecule has 0 spiro atoms. The maximum atomic E-state index is 11.2. The van der Waals surface area contributed by atoms with Crippen LogP contribution in [0.1, 0.15) is 25.8 Å². The lowest BCUT2D eigenvalue weighted by Crippen LogP contribution is -2.47. The number of nitro groups is 1. The first-order chi connectivity index (χ1) is 9.95. The first-order valence-corrected chi connectivity index (χ1v) is 6.73. The van der Waals surface area contributed by atoms with Crippen LogP contribution in [0.2, 0.25) is 0 Å². The standard InChI is InChI=1S/C13H18N2O6/c1-8(17)21-13-10(5-4-9(7-16)12(13)18)14-6-2-3-11(14)15(19)20/h2-3,6,9-10,12-13,16,18H,4-5,7H2,1H3. The largest absolute Gasteiger partial charge is 0.455 e. The number of ether oxygens (including phenoxy) is 1. The first-order valence-electron chi connectivity index (χ1n) is 6.73. The highest BCUT2D eigenvalue weighted by molar-refractivity contribution is 5.66. The van der Waals surface area contributed by atoms with Crippen LogP contribution in [-0.2, 0) is 9.53 Å². The molecule has 0 saturated heterocycles. The fourth-order valence-electron chi connectivity index (χ4n) is 2.87. The zero-order chi connectivity index (χ0) is 15.6. The Bertz CT molecular complexity index is 528. The Balaban J connectivity index is 2.33. The predicted octanol–water partition coefficient (Wildman–Crippen LogP) is 0.632. The molecule has 4 unspecified atom stereocenters. The number of aromatic nitrogens is 1. The molecule has 116 valence electrons. The van der Waals surface area contributed by atoms with E-state index in [-0.39, 0.29) is 12.4 Å². The number of rotatable bonds is 4. The summed E-state index contributed by atoms with van der Waals surface area (Å²) in [5, 5.41) is 30.5. The van der Waals surface area contributed by atoms with E-state index in [2.05, 4.69) is 0 Å². The van der Waals surface area contributed by atoms with Gasteiger partial charge >= 0.3 is 11.8 Å². The molecule has 2 N–H and O–H groups in total. The summed E-state index contributed by atoms with van der Waals surface area (Å²) in [6.07, 6.45) is 0.523. The van der Waals surface area contributed by atoms with Crippen molar-refractivity contribution in [2.45, 2.75) is 38.0 Å². The molecule has 0 bridgehead atoms. The van der Waals surface area contributed by atoms with Crippen LogP contribution < -0.4 is 0 Å². The Morgan fingerprint density at radius 1 is 1.57 bits per heavy atom. The van der Waals surface area contributed by atoms with Gasteiger partial charge in [-0.15, -0.1) is 0 Å². The van der Waals surface area contributed by atoms with Crippen molar-refractivity contribution < 1.29 is 24.7 Å². The number of aliphatic hydroxyl groups excluding tert-OH is 2. The number of aliphatic hydroxyl groups is 2. The van der Waals surface area contributed by atoms with E-state index in [1.54, 1.807) is 0 Å². The quantitative estimate of drug-likeness (QED) is 0.478. The van der Waals surface area contributed by atoms with Gasteiger partial charge in [-0.25, -0.2) is 4.57 Å². The van der Waals surface area contributed by atoms with E-state index < -0.39 is 35.1 Å². The molecule has 0 aromatic carbocycles. The van der Waals surface area contributed by atoms with Gasteiger partial charge < -0.3 is 25.1 Å². The van der Waals surface area contributed by atoms with E-state index in [1.807, 2.05) is 0 Å². The highest BCUT2D eigenvalue weighted by Gasteiger charge is 2.44. The minimum atomic E-state index is -1.06. The molecule has 1 fully saturated rings. The lowest BCUT2D eigenvalue weighted by molar-refractivity contribution is -0.393. The molecule has 0 aliphatic heterocycles. The third-order valence-corrected chi connectivity index (χ3v) is 3.87. The van der Waals surface area contributed by atoms with Crippen LogP contribution in [0.25, 0.3) is 0 Å². The molecule has 0 amide bonds. The fourth-order valence-corrected chi connectivity index (χ4v) is 2.87. The highest BCUT2D eigenvalue weighted by Crippen LogP contribution is 2.37. The van der Waals surface area contributed by atoms with Crippen LogP contribution in [0, 0.1) is 16.0 Å². The van der Waals surface area contributed by atoms with Crippen molar-refractivity contribution in [1.82, 2.24) is 4.57 Å². The van der Waals surface area contributed by atoms with Gasteiger partial charge in [-0.2, -0.15) is 0 Å². The Labute approximate surface area is 121 Å². The topological polar surface area (TPSA) is 115 Å². The highest BCUT2D eigenvalue weighted by atomic mass is 16.6. The molecule has 1 aliphatic carbocycles. The Kier molecular flexibility index (Phi) is 4.59. The Morgan fingerprint density at radius 3 is 2.86 bits per heavy atom. The van der Waals surface area contributed by atoms with Gasteiger partial charge in [0.1, 0.15) is 12.1 Å². The van der Waals surface area contributed by atoms with Gasteiger partial charge in [0.2, 0.25) is 0 Å². The van der Waals surface area contributed by atoms with Gasteiger partial charge in [-0.1, -0.05) is 0 Å². The maximum Gasteiger partial charge on any atom is 0.323 e. The van der Waals surface area contributed by atoms with Crippen LogP contribution in [0.15, 0.2) is 18.3 Å². The molecule has 1 aliphatic rings. The number of hydrogen-bond donors (Lipinski definition) is 2. The average Bonchev–Trinajstić information content (AvgIpc) is 2.89. The number of carbonyl (C=O) groups excluding carboxylic acids is 1. The molecule has 1 saturated carbocycles. The second-order valence-corrected chi connectivity index (χ2v) is 5.18. The predicted molar refractivity (Wildman–Crippen MR) is 71.5 cm³/mol. The normalized spacial score (nSPS) is 29.1. The lowest BCUT2D eigenvalue weighted by atomic mass is 9.81. The molecule has 21 heavy (non-hydrogen) atoms. The molecule has 2 rings (SSSR count). The van der Waals surface area contributed by atoms with Crippen LogP contribution in [-0.4, -0.2) is 44.5 Å². The van der Waals surface area contributed by atoms with Crippen molar-refractivity contribution in [3.8, 4) is 0 Å². The molecular formula is C13H18N2O6. The van der Waals surface area contributed by atoms with E-state index in [4.69, 9.17) is 4.74 Å². The van der Waals surface area contributed by atoms with Gasteiger partial charge in [0, 0.05) is 25.5 Å². The van der Waals surface area contributed by atoms with E-state index >= 15 is 0 Å². The summed E-state index contributed by atoms with van der Waals surface area (Å²) in [7, 11) is 0. The zero-order valence-corrected chi connectivity index (χ0v) is 11.6. The zero-order valence-electron chi connectivity index (χ0n) is 11.6. The summed E-state index contributed by atoms with van der Waals surface area (Å²) in [6.45, 7) is 0.996. The van der Waals surface area contributed by atoms with Crippen LogP contribution >= 0.6 is 0 Å². The van der Waals surface area contributed by atoms with E-state index in [9.17, 15) is 25.1 Å².